The molecule has 1 saturated heterocycles. The molecule has 1 aromatic rings. The summed E-state index contributed by atoms with van der Waals surface area (Å²) in [5.41, 5.74) is 0. The fourth-order valence-corrected chi connectivity index (χ4v) is 2.72. The van der Waals surface area contributed by atoms with E-state index in [9.17, 15) is 20.1 Å². The molecule has 128 valence electrons. The number of aliphatic hydroxyl groups excluding tert-OH is 3. The molecule has 7 nitrogen and oxygen atoms in total. The SMILES string of the molecule is CC(=O)N[C@@H]1[C@@H](Oc2ccc(Cl)cc2Cl)O[C@H](CO)[C@H](O)[C@H]1O. The average molecular weight is 366 g/mol. The molecule has 23 heavy (non-hydrogen) atoms. The minimum Gasteiger partial charge on any atom is -0.461 e. The predicted molar refractivity (Wildman–Crippen MR) is 82.5 cm³/mol. The first kappa shape index (κ1) is 18.3. The first-order chi connectivity index (χ1) is 10.8. The molecule has 1 aliphatic heterocycles. The van der Waals surface area contributed by atoms with Crippen LogP contribution in [0.5, 0.6) is 5.75 Å². The Hall–Kier alpha value is -1.09. The van der Waals surface area contributed by atoms with E-state index in [1.165, 1.54) is 19.1 Å². The Labute approximate surface area is 142 Å². The average Bonchev–Trinajstić information content (AvgIpc) is 2.48. The lowest BCUT2D eigenvalue weighted by Crippen LogP contribution is -2.65. The van der Waals surface area contributed by atoms with Crippen LogP contribution in [0, 0.1) is 0 Å². The van der Waals surface area contributed by atoms with Crippen LogP contribution in [0.4, 0.5) is 0 Å². The summed E-state index contributed by atoms with van der Waals surface area (Å²) in [6.07, 6.45) is -4.99. The van der Waals surface area contributed by atoms with Crippen molar-refractivity contribution in [1.82, 2.24) is 5.32 Å². The van der Waals surface area contributed by atoms with Crippen LogP contribution < -0.4 is 10.1 Å². The van der Waals surface area contributed by atoms with Crippen molar-refractivity contribution in [3.8, 4) is 5.75 Å². The van der Waals surface area contributed by atoms with Gasteiger partial charge in [-0.25, -0.2) is 0 Å². The molecule has 1 aromatic carbocycles. The van der Waals surface area contributed by atoms with E-state index in [0.29, 0.717) is 5.02 Å². The van der Waals surface area contributed by atoms with Gasteiger partial charge in [-0.05, 0) is 18.2 Å². The standard InChI is InChI=1S/C14H17Cl2NO6/c1-6(19)17-11-13(21)12(20)10(5-18)23-14(11)22-9-3-2-7(15)4-8(9)16/h2-4,10-14,18,20-21H,5H2,1H3,(H,17,19)/t10-,11+,12+,13+,14+/m1/s1. The highest BCUT2D eigenvalue weighted by atomic mass is 35.5. The number of nitrogens with one attached hydrogen (secondary N) is 1. The minimum atomic E-state index is -1.39. The number of ether oxygens (including phenoxy) is 2. The van der Waals surface area contributed by atoms with Gasteiger partial charge in [-0.3, -0.25) is 4.79 Å². The van der Waals surface area contributed by atoms with E-state index in [1.54, 1.807) is 6.07 Å². The zero-order chi connectivity index (χ0) is 17.1. The second-order valence-corrected chi connectivity index (χ2v) is 5.97. The van der Waals surface area contributed by atoms with Gasteiger partial charge in [0.05, 0.1) is 11.6 Å². The van der Waals surface area contributed by atoms with E-state index in [0.717, 1.165) is 0 Å². The van der Waals surface area contributed by atoms with Crippen LogP contribution in [-0.2, 0) is 9.53 Å². The Morgan fingerprint density at radius 2 is 2.04 bits per heavy atom. The summed E-state index contributed by atoms with van der Waals surface area (Å²) < 4.78 is 11.0. The van der Waals surface area contributed by atoms with Crippen molar-refractivity contribution >= 4 is 29.1 Å². The van der Waals surface area contributed by atoms with E-state index in [1.807, 2.05) is 0 Å². The number of amides is 1. The topological polar surface area (TPSA) is 108 Å². The van der Waals surface area contributed by atoms with Crippen LogP contribution in [0.15, 0.2) is 18.2 Å². The van der Waals surface area contributed by atoms with Gasteiger partial charge in [0.25, 0.3) is 0 Å². The molecule has 0 aliphatic carbocycles. The number of benzene rings is 1. The van der Waals surface area contributed by atoms with E-state index in [4.69, 9.17) is 32.7 Å². The second kappa shape index (κ2) is 7.65. The summed E-state index contributed by atoms with van der Waals surface area (Å²) in [7, 11) is 0. The van der Waals surface area contributed by atoms with E-state index in [-0.39, 0.29) is 10.8 Å². The monoisotopic (exact) mass is 365 g/mol. The molecule has 0 spiro atoms. The third kappa shape index (κ3) is 4.26. The Balaban J connectivity index is 2.25. The van der Waals surface area contributed by atoms with Crippen LogP contribution >= 0.6 is 23.2 Å². The maximum absolute atomic E-state index is 11.3. The highest BCUT2D eigenvalue weighted by Gasteiger charge is 2.46. The number of halogens is 2. The predicted octanol–water partition coefficient (Wildman–Crippen LogP) is 0.316. The van der Waals surface area contributed by atoms with Gasteiger partial charge in [-0.1, -0.05) is 23.2 Å². The molecule has 1 amide bonds. The number of aliphatic hydroxyl groups is 3. The number of carbonyl (C=O) groups excluding carboxylic acids is 1. The largest absolute Gasteiger partial charge is 0.461 e. The van der Waals surface area contributed by atoms with Crippen molar-refractivity contribution in [2.75, 3.05) is 6.61 Å². The molecule has 1 heterocycles. The molecular formula is C14H17Cl2NO6. The van der Waals surface area contributed by atoms with Crippen LogP contribution in [0.1, 0.15) is 6.92 Å². The van der Waals surface area contributed by atoms with Gasteiger partial charge < -0.3 is 30.1 Å². The van der Waals surface area contributed by atoms with E-state index in [2.05, 4.69) is 5.32 Å². The van der Waals surface area contributed by atoms with Crippen molar-refractivity contribution in [3.05, 3.63) is 28.2 Å². The maximum Gasteiger partial charge on any atom is 0.223 e. The Morgan fingerprint density at radius 1 is 1.35 bits per heavy atom. The van der Waals surface area contributed by atoms with Crippen LogP contribution in [0.3, 0.4) is 0 Å². The van der Waals surface area contributed by atoms with Crippen LogP contribution in [-0.4, -0.2) is 58.5 Å². The molecule has 2 rings (SSSR count). The quantitative estimate of drug-likeness (QED) is 0.611. The van der Waals surface area contributed by atoms with Crippen molar-refractivity contribution in [2.24, 2.45) is 0 Å². The van der Waals surface area contributed by atoms with Crippen molar-refractivity contribution in [2.45, 2.75) is 37.6 Å². The molecule has 4 N–H and O–H groups in total. The van der Waals surface area contributed by atoms with Gasteiger partial charge in [0, 0.05) is 11.9 Å². The van der Waals surface area contributed by atoms with Gasteiger partial charge in [0.15, 0.2) is 0 Å². The first-order valence-corrected chi connectivity index (χ1v) is 7.60. The summed E-state index contributed by atoms with van der Waals surface area (Å²) in [4.78, 5) is 11.3. The number of hydrogen-bond donors (Lipinski definition) is 4. The zero-order valence-corrected chi connectivity index (χ0v) is 13.7. The Morgan fingerprint density at radius 3 is 2.61 bits per heavy atom. The van der Waals surface area contributed by atoms with Crippen molar-refractivity contribution < 1.29 is 29.6 Å². The number of rotatable bonds is 4. The fraction of sp³-hybridized carbons (Fsp3) is 0.500. The summed E-state index contributed by atoms with van der Waals surface area (Å²) in [6, 6.07) is 3.47. The first-order valence-electron chi connectivity index (χ1n) is 6.84. The summed E-state index contributed by atoms with van der Waals surface area (Å²) >= 11 is 11.8. The highest BCUT2D eigenvalue weighted by molar-refractivity contribution is 6.35. The van der Waals surface area contributed by atoms with Gasteiger partial charge in [0.2, 0.25) is 12.2 Å². The summed E-state index contributed by atoms with van der Waals surface area (Å²) in [5.74, 6) is -0.222. The van der Waals surface area contributed by atoms with Gasteiger partial charge in [-0.15, -0.1) is 0 Å². The van der Waals surface area contributed by atoms with Gasteiger partial charge in [-0.2, -0.15) is 0 Å². The molecule has 1 aliphatic rings. The molecule has 9 heteroatoms. The smallest absolute Gasteiger partial charge is 0.223 e. The lowest BCUT2D eigenvalue weighted by molar-refractivity contribution is -0.244. The van der Waals surface area contributed by atoms with Gasteiger partial charge in [0.1, 0.15) is 30.1 Å². The lowest BCUT2D eigenvalue weighted by atomic mass is 9.97. The molecule has 0 bridgehead atoms. The number of hydrogen-bond acceptors (Lipinski definition) is 6. The fourth-order valence-electron chi connectivity index (χ4n) is 2.27. The molecule has 0 aromatic heterocycles. The molecule has 0 unspecified atom stereocenters. The lowest BCUT2D eigenvalue weighted by Gasteiger charge is -2.42. The van der Waals surface area contributed by atoms with E-state index >= 15 is 0 Å². The van der Waals surface area contributed by atoms with Gasteiger partial charge >= 0.3 is 0 Å². The van der Waals surface area contributed by atoms with Crippen molar-refractivity contribution in [3.63, 3.8) is 0 Å². The minimum absolute atomic E-state index is 0.212. The summed E-state index contributed by atoms with van der Waals surface area (Å²) in [5, 5.41) is 32.4. The third-order valence-corrected chi connectivity index (χ3v) is 3.92. The zero-order valence-electron chi connectivity index (χ0n) is 12.1. The Bertz CT molecular complexity index is 572. The second-order valence-electron chi connectivity index (χ2n) is 5.13. The maximum atomic E-state index is 11.3. The normalized spacial score (nSPS) is 30.8. The molecule has 0 radical (unpaired) electrons. The Kier molecular flexibility index (Phi) is 6.07. The summed E-state index contributed by atoms with van der Waals surface area (Å²) in [6.45, 7) is 0.725. The van der Waals surface area contributed by atoms with Crippen molar-refractivity contribution in [1.29, 1.82) is 0 Å². The van der Waals surface area contributed by atoms with E-state index < -0.39 is 43.2 Å². The molecule has 0 saturated carbocycles. The molecular weight excluding hydrogens is 349 g/mol. The molecule has 1 fully saturated rings. The highest BCUT2D eigenvalue weighted by Crippen LogP contribution is 2.31. The van der Waals surface area contributed by atoms with Crippen LogP contribution in [0.2, 0.25) is 10.0 Å². The van der Waals surface area contributed by atoms with Crippen LogP contribution in [0.25, 0.3) is 0 Å². The number of carbonyl (C=O) groups is 1. The third-order valence-electron chi connectivity index (χ3n) is 3.39. The molecule has 5 atom stereocenters.